The minimum atomic E-state index is 0.509. The molecule has 0 spiro atoms. The van der Waals surface area contributed by atoms with Gasteiger partial charge in [0, 0.05) is 0 Å². The van der Waals surface area contributed by atoms with Crippen LogP contribution in [0.25, 0.3) is 5.57 Å². The maximum atomic E-state index is 10.7. The Labute approximate surface area is 83.0 Å². The molecule has 0 aliphatic heterocycles. The van der Waals surface area contributed by atoms with Crippen molar-refractivity contribution in [3.63, 3.8) is 0 Å². The van der Waals surface area contributed by atoms with Crippen LogP contribution in [0.3, 0.4) is 0 Å². The van der Waals surface area contributed by atoms with E-state index in [1.165, 1.54) is 13.4 Å². The molecule has 0 fully saturated rings. The smallest absolute Gasteiger partial charge is 0.153 e. The number of benzene rings is 1. The van der Waals surface area contributed by atoms with Crippen molar-refractivity contribution >= 4 is 11.9 Å². The summed E-state index contributed by atoms with van der Waals surface area (Å²) in [5.74, 6) is 0.761. The van der Waals surface area contributed by atoms with Gasteiger partial charge in [0.1, 0.15) is 5.75 Å². The summed E-state index contributed by atoms with van der Waals surface area (Å²) in [5.41, 5.74) is 1.32. The van der Waals surface area contributed by atoms with Gasteiger partial charge in [-0.05, 0) is 17.7 Å². The average Bonchev–Trinajstić information content (AvgIpc) is 2.26. The monoisotopic (exact) mass is 192 g/mol. The van der Waals surface area contributed by atoms with Crippen LogP contribution >= 0.6 is 0 Å². The fraction of sp³-hybridized carbons (Fsp3) is 0.182. The minimum Gasteiger partial charge on any atom is -0.504 e. The first-order valence-corrected chi connectivity index (χ1v) is 4.14. The number of hydrogen-bond donors (Lipinski definition) is 0. The number of rotatable bonds is 4. The van der Waals surface area contributed by atoms with Gasteiger partial charge in [0.15, 0.2) is 6.29 Å². The Morgan fingerprint density at radius 1 is 1.21 bits per heavy atom. The van der Waals surface area contributed by atoms with Crippen molar-refractivity contribution in [1.29, 1.82) is 0 Å². The zero-order valence-electron chi connectivity index (χ0n) is 8.19. The molecule has 0 aliphatic rings. The van der Waals surface area contributed by atoms with Gasteiger partial charge in [-0.25, -0.2) is 0 Å². The molecule has 0 aromatic heterocycles. The number of ether oxygens (including phenoxy) is 2. The van der Waals surface area contributed by atoms with E-state index in [4.69, 9.17) is 9.47 Å². The van der Waals surface area contributed by atoms with Gasteiger partial charge in [0.05, 0.1) is 26.1 Å². The molecule has 1 aromatic carbocycles. The van der Waals surface area contributed by atoms with Crippen molar-refractivity contribution in [3.8, 4) is 5.75 Å². The van der Waals surface area contributed by atoms with Crippen LogP contribution in [0.1, 0.15) is 5.56 Å². The number of hydrogen-bond acceptors (Lipinski definition) is 3. The number of allylic oxidation sites excluding steroid dienone is 1. The zero-order chi connectivity index (χ0) is 10.4. The Bertz CT molecular complexity index is 325. The lowest BCUT2D eigenvalue weighted by molar-refractivity contribution is -0.103. The predicted molar refractivity (Wildman–Crippen MR) is 54.0 cm³/mol. The molecule has 1 aromatic rings. The SMILES string of the molecule is CO/C=C(/C=O)c1ccc(OC)cc1. The lowest BCUT2D eigenvalue weighted by Gasteiger charge is -2.02. The van der Waals surface area contributed by atoms with Crippen molar-refractivity contribution in [2.24, 2.45) is 0 Å². The average molecular weight is 192 g/mol. The van der Waals surface area contributed by atoms with Crippen molar-refractivity contribution in [1.82, 2.24) is 0 Å². The van der Waals surface area contributed by atoms with Gasteiger partial charge >= 0.3 is 0 Å². The van der Waals surface area contributed by atoms with Crippen LogP contribution in [0.2, 0.25) is 0 Å². The van der Waals surface area contributed by atoms with Crippen LogP contribution in [0.15, 0.2) is 30.5 Å². The molecule has 0 amide bonds. The van der Waals surface area contributed by atoms with Gasteiger partial charge < -0.3 is 9.47 Å². The number of carbonyl (C=O) groups excluding carboxylic acids is 1. The molecule has 1 rings (SSSR count). The van der Waals surface area contributed by atoms with Crippen LogP contribution in [-0.2, 0) is 9.53 Å². The van der Waals surface area contributed by atoms with Crippen molar-refractivity contribution in [3.05, 3.63) is 36.1 Å². The molecule has 0 radical (unpaired) electrons. The summed E-state index contributed by atoms with van der Waals surface area (Å²) in [6, 6.07) is 7.20. The summed E-state index contributed by atoms with van der Waals surface area (Å²) in [4.78, 5) is 10.7. The quantitative estimate of drug-likeness (QED) is 0.415. The number of methoxy groups -OCH3 is 2. The van der Waals surface area contributed by atoms with E-state index >= 15 is 0 Å². The molecule has 0 atom stereocenters. The first kappa shape index (κ1) is 10.3. The van der Waals surface area contributed by atoms with E-state index in [0.717, 1.165) is 17.6 Å². The van der Waals surface area contributed by atoms with Crippen molar-refractivity contribution in [2.75, 3.05) is 14.2 Å². The molecule has 0 saturated carbocycles. The van der Waals surface area contributed by atoms with Crippen LogP contribution < -0.4 is 4.74 Å². The largest absolute Gasteiger partial charge is 0.504 e. The Kier molecular flexibility index (Phi) is 3.73. The molecule has 3 nitrogen and oxygen atoms in total. The molecular formula is C11H12O3. The topological polar surface area (TPSA) is 35.5 Å². The lowest BCUT2D eigenvalue weighted by Crippen LogP contribution is -1.88. The second-order valence-electron chi connectivity index (χ2n) is 2.66. The van der Waals surface area contributed by atoms with E-state index in [-0.39, 0.29) is 0 Å². The fourth-order valence-electron chi connectivity index (χ4n) is 1.07. The normalized spacial score (nSPS) is 10.9. The van der Waals surface area contributed by atoms with Crippen molar-refractivity contribution < 1.29 is 14.3 Å². The molecule has 0 unspecified atom stereocenters. The third-order valence-corrected chi connectivity index (χ3v) is 1.80. The number of carbonyl (C=O) groups is 1. The summed E-state index contributed by atoms with van der Waals surface area (Å²) < 4.78 is 9.78. The van der Waals surface area contributed by atoms with Crippen LogP contribution in [-0.4, -0.2) is 20.5 Å². The van der Waals surface area contributed by atoms with E-state index in [1.54, 1.807) is 31.4 Å². The van der Waals surface area contributed by atoms with E-state index in [2.05, 4.69) is 0 Å². The fourth-order valence-corrected chi connectivity index (χ4v) is 1.07. The molecular weight excluding hydrogens is 180 g/mol. The highest BCUT2D eigenvalue weighted by atomic mass is 16.5. The van der Waals surface area contributed by atoms with Gasteiger partial charge in [-0.2, -0.15) is 0 Å². The van der Waals surface area contributed by atoms with Gasteiger partial charge in [0.25, 0.3) is 0 Å². The van der Waals surface area contributed by atoms with Gasteiger partial charge in [-0.15, -0.1) is 0 Å². The summed E-state index contributed by atoms with van der Waals surface area (Å²) in [5, 5.41) is 0. The van der Waals surface area contributed by atoms with E-state index in [1.807, 2.05) is 0 Å². The number of aldehydes is 1. The lowest BCUT2D eigenvalue weighted by atomic mass is 10.1. The Morgan fingerprint density at radius 2 is 1.86 bits per heavy atom. The summed E-state index contributed by atoms with van der Waals surface area (Å²) >= 11 is 0. The summed E-state index contributed by atoms with van der Waals surface area (Å²) in [7, 11) is 3.10. The van der Waals surface area contributed by atoms with E-state index in [9.17, 15) is 4.79 Å². The second-order valence-corrected chi connectivity index (χ2v) is 2.66. The highest BCUT2D eigenvalue weighted by molar-refractivity contribution is 6.06. The standard InChI is InChI=1S/C11H12O3/c1-13-8-10(7-12)9-3-5-11(14-2)6-4-9/h3-8H,1-2H3/b10-8-. The predicted octanol–water partition coefficient (Wildman–Crippen LogP) is 1.88. The Hall–Kier alpha value is -1.77. The van der Waals surface area contributed by atoms with Crippen molar-refractivity contribution in [2.45, 2.75) is 0 Å². The summed E-state index contributed by atoms with van der Waals surface area (Å²) in [6.07, 6.45) is 2.17. The molecule has 14 heavy (non-hydrogen) atoms. The molecule has 0 bridgehead atoms. The van der Waals surface area contributed by atoms with Crippen LogP contribution in [0.4, 0.5) is 0 Å². The maximum Gasteiger partial charge on any atom is 0.153 e. The molecule has 0 heterocycles. The van der Waals surface area contributed by atoms with Crippen LogP contribution in [0.5, 0.6) is 5.75 Å². The minimum absolute atomic E-state index is 0.509. The first-order valence-electron chi connectivity index (χ1n) is 4.14. The van der Waals surface area contributed by atoms with Gasteiger partial charge in [-0.1, -0.05) is 12.1 Å². The molecule has 74 valence electrons. The van der Waals surface area contributed by atoms with Gasteiger partial charge in [-0.3, -0.25) is 4.79 Å². The second kappa shape index (κ2) is 5.07. The maximum absolute atomic E-state index is 10.7. The molecule has 0 saturated heterocycles. The molecule has 0 N–H and O–H groups in total. The third kappa shape index (κ3) is 2.36. The van der Waals surface area contributed by atoms with E-state index in [0.29, 0.717) is 5.57 Å². The molecule has 0 aliphatic carbocycles. The Balaban J connectivity index is 2.95. The van der Waals surface area contributed by atoms with E-state index < -0.39 is 0 Å². The first-order chi connectivity index (χ1) is 6.81. The summed E-state index contributed by atoms with van der Waals surface area (Å²) in [6.45, 7) is 0. The van der Waals surface area contributed by atoms with Gasteiger partial charge in [0.2, 0.25) is 0 Å². The third-order valence-electron chi connectivity index (χ3n) is 1.80. The zero-order valence-corrected chi connectivity index (χ0v) is 8.19. The Morgan fingerprint density at radius 3 is 2.29 bits per heavy atom. The van der Waals surface area contributed by atoms with Crippen LogP contribution in [0, 0.1) is 0 Å². The highest BCUT2D eigenvalue weighted by Gasteiger charge is 2.00. The molecule has 3 heteroatoms. The highest BCUT2D eigenvalue weighted by Crippen LogP contribution is 2.16.